The van der Waals surface area contributed by atoms with E-state index in [0.29, 0.717) is 17.3 Å². The van der Waals surface area contributed by atoms with Crippen LogP contribution in [0.2, 0.25) is 0 Å². The summed E-state index contributed by atoms with van der Waals surface area (Å²) in [4.78, 5) is 44.5. The van der Waals surface area contributed by atoms with E-state index in [-0.39, 0.29) is 34.4 Å². The molecule has 0 spiro atoms. The number of amides is 2. The topological polar surface area (TPSA) is 202 Å². The van der Waals surface area contributed by atoms with Gasteiger partial charge in [0.1, 0.15) is 11.5 Å². The molecule has 6 N–H and O–H groups in total. The molecule has 15 heteroatoms. The van der Waals surface area contributed by atoms with E-state index in [9.17, 15) is 37.5 Å². The van der Waals surface area contributed by atoms with Crippen molar-refractivity contribution in [1.82, 2.24) is 0 Å². The maximum Gasteiger partial charge on any atom is 0.417 e. The number of phenolic OH excluding ortho intramolecular Hbond substituents is 1. The van der Waals surface area contributed by atoms with E-state index in [4.69, 9.17) is 15.8 Å². The number of hydrogen-bond donors (Lipinski definition) is 6. The van der Waals surface area contributed by atoms with Crippen LogP contribution in [-0.2, 0) is 20.5 Å². The summed E-state index contributed by atoms with van der Waals surface area (Å²) in [5.74, 6) is -2.22. The number of nitrogens with zero attached hydrogens (tertiary/aromatic N) is 1. The number of benzene rings is 3. The molecule has 3 aromatic carbocycles. The van der Waals surface area contributed by atoms with Crippen molar-refractivity contribution < 1.29 is 47.3 Å². The summed E-state index contributed by atoms with van der Waals surface area (Å²) in [6.07, 6.45) is -5.77. The number of alkyl halides is 3. The molecule has 224 valence electrons. The molecule has 3 aromatic rings. The van der Waals surface area contributed by atoms with Gasteiger partial charge in [0.05, 0.1) is 35.6 Å². The summed E-state index contributed by atoms with van der Waals surface area (Å²) < 4.78 is 45.7. The SMILES string of the molecule is CNc1ccc(C#N)cc1C(=O)O.COC(=O)Nc1cc(O)c(C(=N)C=O)cc1-c1ccc(NC(C)=O)cc1C(F)(F)F. The molecule has 0 saturated carbocycles. The van der Waals surface area contributed by atoms with Crippen LogP contribution in [0.5, 0.6) is 5.75 Å². The minimum Gasteiger partial charge on any atom is -0.507 e. The Morgan fingerprint density at radius 2 is 1.67 bits per heavy atom. The number of phenols is 1. The number of nitrogens with one attached hydrogen (secondary N) is 4. The van der Waals surface area contributed by atoms with Gasteiger partial charge in [-0.25, -0.2) is 9.59 Å². The number of hydrogen-bond acceptors (Lipinski definition) is 9. The highest BCUT2D eigenvalue weighted by molar-refractivity contribution is 6.35. The molecule has 0 aliphatic rings. The highest BCUT2D eigenvalue weighted by Crippen LogP contribution is 2.43. The van der Waals surface area contributed by atoms with Gasteiger partial charge in [0, 0.05) is 42.5 Å². The average Bonchev–Trinajstić information content (AvgIpc) is 2.96. The van der Waals surface area contributed by atoms with Crippen LogP contribution in [0.1, 0.15) is 34.0 Å². The number of rotatable bonds is 7. The second-order valence-electron chi connectivity index (χ2n) is 8.43. The number of aromatic hydroxyl groups is 1. The van der Waals surface area contributed by atoms with Gasteiger partial charge in [0.25, 0.3) is 0 Å². The van der Waals surface area contributed by atoms with Gasteiger partial charge in [-0.1, -0.05) is 6.07 Å². The Labute approximate surface area is 242 Å². The lowest BCUT2D eigenvalue weighted by molar-refractivity contribution is -0.137. The number of anilines is 3. The van der Waals surface area contributed by atoms with Crippen LogP contribution in [0.4, 0.5) is 35.0 Å². The van der Waals surface area contributed by atoms with E-state index in [1.54, 1.807) is 19.2 Å². The minimum atomic E-state index is -4.86. The van der Waals surface area contributed by atoms with Gasteiger partial charge in [0.15, 0.2) is 6.29 Å². The minimum absolute atomic E-state index is 0.108. The van der Waals surface area contributed by atoms with Crippen LogP contribution in [0.15, 0.2) is 48.5 Å². The largest absolute Gasteiger partial charge is 0.507 e. The Morgan fingerprint density at radius 3 is 2.19 bits per heavy atom. The number of aromatic carboxylic acids is 1. The third kappa shape index (κ3) is 8.54. The van der Waals surface area contributed by atoms with Crippen molar-refractivity contribution in [1.29, 1.82) is 10.7 Å². The second kappa shape index (κ2) is 14.1. The number of nitriles is 1. The fraction of sp³-hybridized carbons (Fsp3) is 0.143. The number of methoxy groups -OCH3 is 1. The summed E-state index contributed by atoms with van der Waals surface area (Å²) >= 11 is 0. The molecular formula is C28H24F3N5O7. The van der Waals surface area contributed by atoms with Gasteiger partial charge in [-0.2, -0.15) is 18.4 Å². The van der Waals surface area contributed by atoms with Gasteiger partial charge in [-0.15, -0.1) is 0 Å². The smallest absolute Gasteiger partial charge is 0.417 e. The van der Waals surface area contributed by atoms with Crippen LogP contribution in [0.25, 0.3) is 11.1 Å². The molecule has 0 unspecified atom stereocenters. The molecule has 0 aromatic heterocycles. The molecule has 0 aliphatic carbocycles. The number of carbonyl (C=O) groups is 4. The molecule has 0 fully saturated rings. The summed E-state index contributed by atoms with van der Waals surface area (Å²) in [6.45, 7) is 1.14. The van der Waals surface area contributed by atoms with E-state index in [2.05, 4.69) is 20.7 Å². The zero-order valence-electron chi connectivity index (χ0n) is 22.7. The summed E-state index contributed by atoms with van der Waals surface area (Å²) in [5, 5.41) is 42.2. The maximum atomic E-state index is 13.7. The first-order valence-electron chi connectivity index (χ1n) is 11.9. The molecule has 0 radical (unpaired) electrons. The normalized spacial score (nSPS) is 10.3. The highest BCUT2D eigenvalue weighted by Gasteiger charge is 2.35. The molecular weight excluding hydrogens is 575 g/mol. The molecule has 0 atom stereocenters. The number of carbonyl (C=O) groups excluding carboxylic acids is 3. The van der Waals surface area contributed by atoms with E-state index >= 15 is 0 Å². The van der Waals surface area contributed by atoms with Crippen LogP contribution >= 0.6 is 0 Å². The van der Waals surface area contributed by atoms with Crippen LogP contribution in [0.3, 0.4) is 0 Å². The van der Waals surface area contributed by atoms with Crippen LogP contribution in [0, 0.1) is 16.7 Å². The number of halogens is 3. The summed E-state index contributed by atoms with van der Waals surface area (Å²) in [6, 6.07) is 11.2. The predicted octanol–water partition coefficient (Wildman–Crippen LogP) is 5.08. The number of carboxylic acids is 1. The molecule has 0 saturated heterocycles. The van der Waals surface area contributed by atoms with Crippen molar-refractivity contribution >= 4 is 47.0 Å². The van der Waals surface area contributed by atoms with E-state index in [1.807, 2.05) is 6.07 Å². The Balaban J connectivity index is 0.000000413. The molecule has 0 bridgehead atoms. The zero-order valence-corrected chi connectivity index (χ0v) is 22.7. The lowest BCUT2D eigenvalue weighted by Crippen LogP contribution is -2.14. The molecule has 12 nitrogen and oxygen atoms in total. The monoisotopic (exact) mass is 599 g/mol. The standard InChI is InChI=1S/C19H16F3N3O5.C9H8N2O2/c1-9(27)24-10-3-4-11(14(5-10)19(20,21)22)12-6-13(15(23)8-26)17(28)7-16(12)25-18(29)30-2;1-11-8-3-2-6(5-10)4-7(8)9(12)13/h3-8,23,28H,1-2H3,(H,24,27)(H,25,29);2-4,11H,1H3,(H,12,13). The Hall–Kier alpha value is -5.91. The van der Waals surface area contributed by atoms with Crippen molar-refractivity contribution in [3.8, 4) is 22.9 Å². The van der Waals surface area contributed by atoms with Crippen molar-refractivity contribution in [2.45, 2.75) is 13.1 Å². The third-order valence-electron chi connectivity index (χ3n) is 5.55. The molecule has 2 amide bonds. The fourth-order valence-corrected chi connectivity index (χ4v) is 3.66. The number of ether oxygens (including phenoxy) is 1. The van der Waals surface area contributed by atoms with E-state index < -0.39 is 46.7 Å². The van der Waals surface area contributed by atoms with Crippen molar-refractivity contribution in [3.63, 3.8) is 0 Å². The van der Waals surface area contributed by atoms with Crippen molar-refractivity contribution in [2.24, 2.45) is 0 Å². The Morgan fingerprint density at radius 1 is 1.00 bits per heavy atom. The first kappa shape index (κ1) is 33.3. The lowest BCUT2D eigenvalue weighted by atomic mass is 9.94. The molecule has 3 rings (SSSR count). The van der Waals surface area contributed by atoms with Gasteiger partial charge < -0.3 is 25.6 Å². The first-order valence-corrected chi connectivity index (χ1v) is 11.9. The van der Waals surface area contributed by atoms with E-state index in [1.165, 1.54) is 12.1 Å². The lowest BCUT2D eigenvalue weighted by Gasteiger charge is -2.19. The van der Waals surface area contributed by atoms with Gasteiger partial charge >= 0.3 is 18.2 Å². The molecule has 0 heterocycles. The molecule has 43 heavy (non-hydrogen) atoms. The average molecular weight is 600 g/mol. The highest BCUT2D eigenvalue weighted by atomic mass is 19.4. The maximum absolute atomic E-state index is 13.7. The summed E-state index contributed by atoms with van der Waals surface area (Å²) in [5.41, 5.74) is -2.23. The van der Waals surface area contributed by atoms with E-state index in [0.717, 1.165) is 32.2 Å². The zero-order chi connectivity index (χ0) is 32.5. The number of carboxylic acid groups (broad SMARTS) is 1. The first-order chi connectivity index (χ1) is 20.2. The Kier molecular flexibility index (Phi) is 10.9. The third-order valence-corrected chi connectivity index (χ3v) is 5.55. The quantitative estimate of drug-likeness (QED) is 0.158. The van der Waals surface area contributed by atoms with Gasteiger partial charge in [0.2, 0.25) is 5.91 Å². The van der Waals surface area contributed by atoms with Crippen molar-refractivity contribution in [2.75, 3.05) is 30.1 Å². The summed E-state index contributed by atoms with van der Waals surface area (Å²) in [7, 11) is 2.67. The fourth-order valence-electron chi connectivity index (χ4n) is 3.66. The van der Waals surface area contributed by atoms with Crippen LogP contribution < -0.4 is 16.0 Å². The Bertz CT molecular complexity index is 1630. The van der Waals surface area contributed by atoms with Crippen molar-refractivity contribution in [3.05, 3.63) is 70.8 Å². The van der Waals surface area contributed by atoms with Crippen LogP contribution in [-0.4, -0.2) is 54.3 Å². The van der Waals surface area contributed by atoms with Gasteiger partial charge in [-0.3, -0.25) is 20.3 Å². The van der Waals surface area contributed by atoms with Gasteiger partial charge in [-0.05, 0) is 42.0 Å². The number of aldehydes is 1. The predicted molar refractivity (Wildman–Crippen MR) is 149 cm³/mol. The second-order valence-corrected chi connectivity index (χ2v) is 8.43. The molecule has 0 aliphatic heterocycles.